The van der Waals surface area contributed by atoms with Gasteiger partial charge in [0.05, 0.1) is 17.9 Å². The Kier molecular flexibility index (Phi) is 7.72. The number of hydrogen-bond donors (Lipinski definition) is 2. The molecule has 1 aliphatic carbocycles. The number of anilines is 2. The minimum atomic E-state index is -4.42. The second-order valence-corrected chi connectivity index (χ2v) is 9.31. The first-order valence-electron chi connectivity index (χ1n) is 12.6. The number of fused-ring (bicyclic) bond motifs is 3. The molecule has 4 aromatic rings. The third-order valence-electron chi connectivity index (χ3n) is 6.81. The summed E-state index contributed by atoms with van der Waals surface area (Å²) in [6.07, 6.45) is -1.39. The monoisotopic (exact) mass is 518 g/mol. The van der Waals surface area contributed by atoms with Gasteiger partial charge in [0, 0.05) is 37.0 Å². The lowest BCUT2D eigenvalue weighted by molar-refractivity contribution is -0.138. The molecule has 5 nitrogen and oxygen atoms in total. The fraction of sp³-hybridized carbons (Fsp3) is 0.267. The number of rotatable bonds is 9. The zero-order valence-electron chi connectivity index (χ0n) is 21.1. The number of methoxy groups -OCH3 is 1. The zero-order valence-corrected chi connectivity index (χ0v) is 21.1. The summed E-state index contributed by atoms with van der Waals surface area (Å²) in [5, 5.41) is 6.60. The van der Waals surface area contributed by atoms with Crippen molar-refractivity contribution in [2.45, 2.75) is 24.9 Å². The Morgan fingerprint density at radius 1 is 0.921 bits per heavy atom. The Hall–Kier alpha value is -3.75. The largest absolute Gasteiger partial charge is 0.416 e. The van der Waals surface area contributed by atoms with E-state index >= 15 is 0 Å². The predicted octanol–water partition coefficient (Wildman–Crippen LogP) is 6.37. The average molecular weight is 519 g/mol. The lowest BCUT2D eigenvalue weighted by atomic mass is 9.76. The summed E-state index contributed by atoms with van der Waals surface area (Å²) in [6.45, 7) is 2.39. The summed E-state index contributed by atoms with van der Waals surface area (Å²) in [5.74, 6) is 0.0112. The molecule has 0 aliphatic heterocycles. The van der Waals surface area contributed by atoms with Crippen molar-refractivity contribution in [3.63, 3.8) is 0 Å². The van der Waals surface area contributed by atoms with Crippen LogP contribution < -0.4 is 10.6 Å². The first-order valence-corrected chi connectivity index (χ1v) is 12.6. The van der Waals surface area contributed by atoms with Crippen LogP contribution in [0.25, 0.3) is 11.3 Å². The van der Waals surface area contributed by atoms with Crippen molar-refractivity contribution in [1.29, 1.82) is 0 Å². The molecule has 2 N–H and O–H groups in total. The molecule has 8 heteroatoms. The molecule has 1 unspecified atom stereocenters. The molecule has 0 amide bonds. The third kappa shape index (κ3) is 5.71. The number of hydrogen-bond acceptors (Lipinski definition) is 5. The van der Waals surface area contributed by atoms with Gasteiger partial charge >= 0.3 is 6.18 Å². The third-order valence-corrected chi connectivity index (χ3v) is 6.81. The number of benzene rings is 3. The highest BCUT2D eigenvalue weighted by atomic mass is 19.4. The molecular formula is C30H29F3N4O. The lowest BCUT2D eigenvalue weighted by Gasteiger charge is -2.29. The number of ether oxygens (including phenoxy) is 1. The van der Waals surface area contributed by atoms with Gasteiger partial charge in [-0.05, 0) is 59.8 Å². The van der Waals surface area contributed by atoms with Gasteiger partial charge in [-0.15, -0.1) is 0 Å². The van der Waals surface area contributed by atoms with Crippen LogP contribution in [0.1, 0.15) is 33.7 Å². The number of aromatic nitrogens is 2. The van der Waals surface area contributed by atoms with Crippen molar-refractivity contribution in [3.05, 3.63) is 107 Å². The smallest absolute Gasteiger partial charge is 0.383 e. The van der Waals surface area contributed by atoms with E-state index in [0.29, 0.717) is 19.0 Å². The summed E-state index contributed by atoms with van der Waals surface area (Å²) in [4.78, 5) is 9.28. The summed E-state index contributed by atoms with van der Waals surface area (Å²) < 4.78 is 46.5. The van der Waals surface area contributed by atoms with Crippen molar-refractivity contribution >= 4 is 11.6 Å². The summed E-state index contributed by atoms with van der Waals surface area (Å²) >= 11 is 0. The second-order valence-electron chi connectivity index (χ2n) is 9.31. The van der Waals surface area contributed by atoms with E-state index in [1.807, 2.05) is 36.4 Å². The average Bonchev–Trinajstić information content (AvgIpc) is 2.93. The van der Waals surface area contributed by atoms with Crippen molar-refractivity contribution < 1.29 is 17.9 Å². The zero-order chi connectivity index (χ0) is 26.5. The highest BCUT2D eigenvalue weighted by molar-refractivity contribution is 5.73. The van der Waals surface area contributed by atoms with Crippen LogP contribution in [0.2, 0.25) is 0 Å². The lowest BCUT2D eigenvalue weighted by Crippen LogP contribution is -2.21. The molecule has 1 atom stereocenters. The van der Waals surface area contributed by atoms with Crippen molar-refractivity contribution in [1.82, 2.24) is 15.3 Å². The van der Waals surface area contributed by atoms with E-state index in [1.54, 1.807) is 25.4 Å². The molecule has 0 radical (unpaired) electrons. The number of nitrogens with zero attached hydrogens (tertiary/aromatic N) is 2. The van der Waals surface area contributed by atoms with Crippen LogP contribution in [-0.2, 0) is 23.8 Å². The molecule has 5 rings (SSSR count). The van der Waals surface area contributed by atoms with Gasteiger partial charge in [-0.1, -0.05) is 54.6 Å². The first-order chi connectivity index (χ1) is 18.4. The van der Waals surface area contributed by atoms with Crippen molar-refractivity contribution in [3.8, 4) is 11.3 Å². The maximum atomic E-state index is 13.8. The Morgan fingerprint density at radius 2 is 1.66 bits per heavy atom. The van der Waals surface area contributed by atoms with Crippen molar-refractivity contribution in [2.24, 2.45) is 0 Å². The fourth-order valence-electron chi connectivity index (χ4n) is 4.95. The van der Waals surface area contributed by atoms with Gasteiger partial charge in [-0.3, -0.25) is 0 Å². The molecule has 38 heavy (non-hydrogen) atoms. The van der Waals surface area contributed by atoms with E-state index in [4.69, 9.17) is 9.72 Å². The molecule has 0 saturated heterocycles. The fourth-order valence-corrected chi connectivity index (χ4v) is 4.95. The highest BCUT2D eigenvalue weighted by Gasteiger charge is 2.37. The summed E-state index contributed by atoms with van der Waals surface area (Å²) in [5.41, 5.74) is 4.99. The molecule has 0 saturated carbocycles. The van der Waals surface area contributed by atoms with Crippen LogP contribution in [0.15, 0.2) is 79.0 Å². The maximum absolute atomic E-state index is 13.8. The van der Waals surface area contributed by atoms with Gasteiger partial charge in [-0.25, -0.2) is 9.97 Å². The van der Waals surface area contributed by atoms with Crippen LogP contribution in [0, 0.1) is 0 Å². The van der Waals surface area contributed by atoms with E-state index in [-0.39, 0.29) is 5.56 Å². The van der Waals surface area contributed by atoms with Gasteiger partial charge in [-0.2, -0.15) is 13.2 Å². The molecule has 1 aliphatic rings. The van der Waals surface area contributed by atoms with E-state index in [9.17, 15) is 13.2 Å². The molecule has 0 fully saturated rings. The second kappa shape index (κ2) is 11.3. The summed E-state index contributed by atoms with van der Waals surface area (Å²) in [6, 6.07) is 21.5. The molecule has 196 valence electrons. The minimum absolute atomic E-state index is 0.272. The minimum Gasteiger partial charge on any atom is -0.383 e. The Bertz CT molecular complexity index is 1390. The van der Waals surface area contributed by atoms with E-state index in [1.165, 1.54) is 11.6 Å². The molecule has 1 heterocycles. The van der Waals surface area contributed by atoms with Gasteiger partial charge in [0.25, 0.3) is 0 Å². The van der Waals surface area contributed by atoms with Gasteiger partial charge < -0.3 is 15.4 Å². The predicted molar refractivity (Wildman–Crippen MR) is 143 cm³/mol. The van der Waals surface area contributed by atoms with Gasteiger partial charge in [0.15, 0.2) is 0 Å². The first kappa shape index (κ1) is 25.9. The van der Waals surface area contributed by atoms with E-state index in [0.717, 1.165) is 53.6 Å². The molecule has 0 spiro atoms. The molecule has 1 aromatic heterocycles. The van der Waals surface area contributed by atoms with Crippen LogP contribution in [0.4, 0.5) is 24.8 Å². The van der Waals surface area contributed by atoms with Gasteiger partial charge in [0.1, 0.15) is 0 Å². The standard InChI is InChI=1S/C30H29F3N4O/c1-38-17-16-34-15-14-20-10-12-22(13-11-20)36-29-35-19-21-18-26(23-6-2-3-8-25(23)28(21)37-29)24-7-4-5-9-27(24)30(31,32)33/h2-13,19,26,34H,14-18H2,1H3,(H,35,36,37). The number of alkyl halides is 3. The molecular weight excluding hydrogens is 489 g/mol. The number of nitrogens with one attached hydrogen (secondary N) is 2. The van der Waals surface area contributed by atoms with Gasteiger partial charge in [0.2, 0.25) is 5.95 Å². The topological polar surface area (TPSA) is 59.1 Å². The summed E-state index contributed by atoms with van der Waals surface area (Å²) in [7, 11) is 1.69. The Balaban J connectivity index is 1.36. The Labute approximate surface area is 220 Å². The van der Waals surface area contributed by atoms with Crippen LogP contribution >= 0.6 is 0 Å². The SMILES string of the molecule is COCCNCCc1ccc(Nc2ncc3c(n2)-c2ccccc2C(c2ccccc2C(F)(F)F)C3)cc1. The number of halogens is 3. The maximum Gasteiger partial charge on any atom is 0.416 e. The highest BCUT2D eigenvalue weighted by Crippen LogP contribution is 2.45. The molecule has 3 aromatic carbocycles. The van der Waals surface area contributed by atoms with Crippen molar-refractivity contribution in [2.75, 3.05) is 32.1 Å². The van der Waals surface area contributed by atoms with Crippen LogP contribution in [0.5, 0.6) is 0 Å². The van der Waals surface area contributed by atoms with E-state index < -0.39 is 17.7 Å². The quantitative estimate of drug-likeness (QED) is 0.252. The normalized spacial score (nSPS) is 14.6. The molecule has 0 bridgehead atoms. The Morgan fingerprint density at radius 3 is 2.42 bits per heavy atom. The van der Waals surface area contributed by atoms with Crippen LogP contribution in [-0.4, -0.2) is 36.8 Å². The van der Waals surface area contributed by atoms with Crippen LogP contribution in [0.3, 0.4) is 0 Å². The van der Waals surface area contributed by atoms with E-state index in [2.05, 4.69) is 27.8 Å².